The molecule has 0 aliphatic heterocycles. The van der Waals surface area contributed by atoms with E-state index in [1.165, 1.54) is 24.3 Å². The first kappa shape index (κ1) is 17.8. The maximum absolute atomic E-state index is 12.7. The van der Waals surface area contributed by atoms with Crippen LogP contribution in [0.5, 0.6) is 0 Å². The highest BCUT2D eigenvalue weighted by Crippen LogP contribution is 2.33. The van der Waals surface area contributed by atoms with Crippen molar-refractivity contribution >= 4 is 11.9 Å². The third-order valence-corrected chi connectivity index (χ3v) is 4.89. The van der Waals surface area contributed by atoms with Crippen molar-refractivity contribution in [3.8, 4) is 0 Å². The second-order valence-corrected chi connectivity index (χ2v) is 6.99. The van der Waals surface area contributed by atoms with Crippen molar-refractivity contribution in [2.24, 2.45) is 5.92 Å². The highest BCUT2D eigenvalue weighted by atomic mass is 19.3. The number of rotatable bonds is 8. The molecule has 2 fully saturated rings. The molecule has 5 nitrogen and oxygen atoms in total. The Morgan fingerprint density at radius 2 is 2.00 bits per heavy atom. The van der Waals surface area contributed by atoms with Gasteiger partial charge in [-0.3, -0.25) is 14.5 Å². The van der Waals surface area contributed by atoms with Crippen LogP contribution in [0.25, 0.3) is 0 Å². The van der Waals surface area contributed by atoms with Crippen LogP contribution in [0, 0.1) is 5.92 Å². The van der Waals surface area contributed by atoms with Crippen LogP contribution in [0.1, 0.15) is 48.0 Å². The van der Waals surface area contributed by atoms with Gasteiger partial charge >= 0.3 is 5.97 Å². The van der Waals surface area contributed by atoms with Crippen molar-refractivity contribution in [3.05, 3.63) is 35.4 Å². The summed E-state index contributed by atoms with van der Waals surface area (Å²) in [5.41, 5.74) is 0.0535. The minimum Gasteiger partial charge on any atom is -0.480 e. The number of hydrogen-bond acceptors (Lipinski definition) is 3. The third kappa shape index (κ3) is 4.75. The topological polar surface area (TPSA) is 69.6 Å². The number of nitrogens with one attached hydrogen (secondary N) is 1. The predicted octanol–water partition coefficient (Wildman–Crippen LogP) is 2.68. The Hall–Kier alpha value is -2.02. The molecule has 0 bridgehead atoms. The SMILES string of the molecule is O=C(O)CN(CC1CC1)C1CC(NC(=O)c2cccc(C(F)F)c2)C1. The summed E-state index contributed by atoms with van der Waals surface area (Å²) in [4.78, 5) is 25.2. The Balaban J connectivity index is 1.51. The Morgan fingerprint density at radius 1 is 1.28 bits per heavy atom. The van der Waals surface area contributed by atoms with Crippen LogP contribution in [0.4, 0.5) is 8.78 Å². The first-order valence-corrected chi connectivity index (χ1v) is 8.57. The first-order chi connectivity index (χ1) is 11.9. The molecule has 2 aliphatic rings. The molecular weight excluding hydrogens is 330 g/mol. The van der Waals surface area contributed by atoms with E-state index in [2.05, 4.69) is 5.32 Å². The highest BCUT2D eigenvalue weighted by Gasteiger charge is 2.37. The van der Waals surface area contributed by atoms with Gasteiger partial charge in [0.25, 0.3) is 12.3 Å². The standard InChI is InChI=1S/C18H22F2N2O3/c19-17(20)12-2-1-3-13(6-12)18(25)21-14-7-15(8-14)22(10-16(23)24)9-11-4-5-11/h1-3,6,11,14-15,17H,4-5,7-10H2,(H,21,25)(H,23,24). The molecule has 2 saturated carbocycles. The second-order valence-electron chi connectivity index (χ2n) is 6.99. The number of carboxylic acids is 1. The quantitative estimate of drug-likeness (QED) is 0.755. The zero-order valence-electron chi connectivity index (χ0n) is 13.8. The number of carbonyl (C=O) groups excluding carboxylic acids is 1. The van der Waals surface area contributed by atoms with Gasteiger partial charge in [0.1, 0.15) is 0 Å². The van der Waals surface area contributed by atoms with Crippen LogP contribution < -0.4 is 5.32 Å². The van der Waals surface area contributed by atoms with Crippen molar-refractivity contribution in [1.82, 2.24) is 10.2 Å². The molecule has 1 amide bonds. The summed E-state index contributed by atoms with van der Waals surface area (Å²) >= 11 is 0. The normalized spacial score (nSPS) is 22.7. The lowest BCUT2D eigenvalue weighted by atomic mass is 9.85. The first-order valence-electron chi connectivity index (χ1n) is 8.57. The zero-order valence-corrected chi connectivity index (χ0v) is 13.8. The molecule has 0 saturated heterocycles. The summed E-state index contributed by atoms with van der Waals surface area (Å²) in [6, 6.07) is 5.59. The maximum atomic E-state index is 12.7. The molecule has 0 heterocycles. The molecule has 0 unspecified atom stereocenters. The molecule has 136 valence electrons. The third-order valence-electron chi connectivity index (χ3n) is 4.89. The van der Waals surface area contributed by atoms with Crippen molar-refractivity contribution in [2.75, 3.05) is 13.1 Å². The summed E-state index contributed by atoms with van der Waals surface area (Å²) in [7, 11) is 0. The average Bonchev–Trinajstić information content (AvgIpc) is 3.33. The van der Waals surface area contributed by atoms with E-state index in [-0.39, 0.29) is 35.7 Å². The predicted molar refractivity (Wildman–Crippen MR) is 87.6 cm³/mol. The Kier molecular flexibility index (Phi) is 5.32. The van der Waals surface area contributed by atoms with E-state index in [9.17, 15) is 18.4 Å². The zero-order chi connectivity index (χ0) is 18.0. The maximum Gasteiger partial charge on any atom is 0.317 e. The lowest BCUT2D eigenvalue weighted by Crippen LogP contribution is -2.55. The summed E-state index contributed by atoms with van der Waals surface area (Å²) in [6.45, 7) is 0.826. The van der Waals surface area contributed by atoms with Crippen LogP contribution in [0.3, 0.4) is 0 Å². The van der Waals surface area contributed by atoms with E-state index in [0.717, 1.165) is 19.4 Å². The van der Waals surface area contributed by atoms with Crippen molar-refractivity contribution < 1.29 is 23.5 Å². The van der Waals surface area contributed by atoms with E-state index >= 15 is 0 Å². The molecule has 2 aliphatic carbocycles. The van der Waals surface area contributed by atoms with Crippen molar-refractivity contribution in [1.29, 1.82) is 0 Å². The molecule has 0 atom stereocenters. The van der Waals surface area contributed by atoms with Gasteiger partial charge in [-0.05, 0) is 43.7 Å². The summed E-state index contributed by atoms with van der Waals surface area (Å²) in [6.07, 6.45) is 1.10. The molecule has 7 heteroatoms. The number of carboxylic acid groups (broad SMARTS) is 1. The number of amides is 1. The minimum atomic E-state index is -2.60. The van der Waals surface area contributed by atoms with E-state index in [1.54, 1.807) is 0 Å². The van der Waals surface area contributed by atoms with E-state index in [1.807, 2.05) is 4.90 Å². The molecule has 0 spiro atoms. The van der Waals surface area contributed by atoms with Crippen molar-refractivity contribution in [3.63, 3.8) is 0 Å². The highest BCUT2D eigenvalue weighted by molar-refractivity contribution is 5.94. The fourth-order valence-corrected chi connectivity index (χ4v) is 3.24. The van der Waals surface area contributed by atoms with Crippen LogP contribution in [0.15, 0.2) is 24.3 Å². The molecular formula is C18H22F2N2O3. The average molecular weight is 352 g/mol. The van der Waals surface area contributed by atoms with E-state index in [0.29, 0.717) is 18.8 Å². The number of aliphatic carboxylic acids is 1. The number of halogens is 2. The number of nitrogens with zero attached hydrogens (tertiary/aromatic N) is 1. The Bertz CT molecular complexity index is 643. The van der Waals surface area contributed by atoms with E-state index < -0.39 is 12.4 Å². The molecule has 0 aromatic heterocycles. The van der Waals surface area contributed by atoms with Gasteiger partial charge in [-0.25, -0.2) is 8.78 Å². The summed E-state index contributed by atoms with van der Waals surface area (Å²) in [5.74, 6) is -0.597. The van der Waals surface area contributed by atoms with Crippen LogP contribution in [0.2, 0.25) is 0 Å². The molecule has 2 N–H and O–H groups in total. The lowest BCUT2D eigenvalue weighted by molar-refractivity contribution is -0.139. The summed E-state index contributed by atoms with van der Waals surface area (Å²) < 4.78 is 25.4. The molecule has 25 heavy (non-hydrogen) atoms. The van der Waals surface area contributed by atoms with Crippen LogP contribution in [-0.4, -0.2) is 47.1 Å². The minimum absolute atomic E-state index is 0.0261. The number of benzene rings is 1. The fourth-order valence-electron chi connectivity index (χ4n) is 3.24. The fraction of sp³-hybridized carbons (Fsp3) is 0.556. The van der Waals surface area contributed by atoms with Gasteiger partial charge in [0.05, 0.1) is 6.54 Å². The van der Waals surface area contributed by atoms with Crippen LogP contribution in [-0.2, 0) is 4.79 Å². The van der Waals surface area contributed by atoms with Gasteiger partial charge in [-0.15, -0.1) is 0 Å². The molecule has 1 aromatic carbocycles. The van der Waals surface area contributed by atoms with Gasteiger partial charge in [-0.1, -0.05) is 12.1 Å². The Labute approximate surface area is 145 Å². The Morgan fingerprint density at radius 3 is 2.60 bits per heavy atom. The second kappa shape index (κ2) is 7.47. The summed E-state index contributed by atoms with van der Waals surface area (Å²) in [5, 5.41) is 11.9. The van der Waals surface area contributed by atoms with E-state index in [4.69, 9.17) is 5.11 Å². The smallest absolute Gasteiger partial charge is 0.317 e. The molecule has 1 aromatic rings. The largest absolute Gasteiger partial charge is 0.480 e. The number of carbonyl (C=O) groups is 2. The number of hydrogen-bond donors (Lipinski definition) is 2. The van der Waals surface area contributed by atoms with Crippen molar-refractivity contribution in [2.45, 2.75) is 44.2 Å². The monoisotopic (exact) mass is 352 g/mol. The molecule has 0 radical (unpaired) electrons. The lowest BCUT2D eigenvalue weighted by Gasteiger charge is -2.42. The number of alkyl halides is 2. The van der Waals surface area contributed by atoms with Gasteiger partial charge < -0.3 is 10.4 Å². The van der Waals surface area contributed by atoms with Gasteiger partial charge in [-0.2, -0.15) is 0 Å². The molecule has 3 rings (SSSR count). The van der Waals surface area contributed by atoms with Gasteiger partial charge in [0.15, 0.2) is 0 Å². The van der Waals surface area contributed by atoms with Gasteiger partial charge in [0.2, 0.25) is 0 Å². The van der Waals surface area contributed by atoms with Crippen LogP contribution >= 0.6 is 0 Å². The van der Waals surface area contributed by atoms with Gasteiger partial charge in [0, 0.05) is 29.8 Å².